The number of anilines is 1. The lowest BCUT2D eigenvalue weighted by atomic mass is 10.1. The summed E-state index contributed by atoms with van der Waals surface area (Å²) in [6.07, 6.45) is 2.47. The van der Waals surface area contributed by atoms with Crippen molar-refractivity contribution in [2.24, 2.45) is 0 Å². The number of ether oxygens (including phenoxy) is 1. The van der Waals surface area contributed by atoms with Crippen LogP contribution in [-0.2, 0) is 4.79 Å². The van der Waals surface area contributed by atoms with Gasteiger partial charge in [-0.15, -0.1) is 0 Å². The third kappa shape index (κ3) is 4.84. The van der Waals surface area contributed by atoms with Gasteiger partial charge in [0.1, 0.15) is 5.75 Å². The number of likely N-dealkylation sites (tertiary alicyclic amines) is 1. The van der Waals surface area contributed by atoms with Crippen molar-refractivity contribution in [3.63, 3.8) is 0 Å². The van der Waals surface area contributed by atoms with Crippen LogP contribution in [0.3, 0.4) is 0 Å². The van der Waals surface area contributed by atoms with Crippen LogP contribution in [-0.4, -0.2) is 35.9 Å². The molecule has 1 fully saturated rings. The van der Waals surface area contributed by atoms with Crippen LogP contribution in [0.2, 0.25) is 5.02 Å². The Morgan fingerprint density at radius 2 is 1.82 bits per heavy atom. The van der Waals surface area contributed by atoms with Gasteiger partial charge in [0.2, 0.25) is 0 Å². The van der Waals surface area contributed by atoms with Crippen molar-refractivity contribution < 1.29 is 14.3 Å². The fourth-order valence-electron chi connectivity index (χ4n) is 3.23. The van der Waals surface area contributed by atoms with E-state index in [0.717, 1.165) is 37.9 Å². The molecule has 1 aliphatic heterocycles. The number of aryl methyl sites for hydroxylation is 1. The predicted molar refractivity (Wildman–Crippen MR) is 111 cm³/mol. The molecule has 1 atom stereocenters. The first-order valence-electron chi connectivity index (χ1n) is 9.57. The lowest BCUT2D eigenvalue weighted by Crippen LogP contribution is -2.36. The number of hydrogen-bond acceptors (Lipinski definition) is 3. The molecular formula is C22H25ClN2O3. The number of hydrogen-bond donors (Lipinski definition) is 1. The maximum Gasteiger partial charge on any atom is 0.265 e. The molecule has 2 amide bonds. The van der Waals surface area contributed by atoms with Crippen LogP contribution >= 0.6 is 11.6 Å². The molecule has 0 aliphatic carbocycles. The van der Waals surface area contributed by atoms with Gasteiger partial charge in [-0.3, -0.25) is 9.59 Å². The number of benzene rings is 2. The fraction of sp³-hybridized carbons (Fsp3) is 0.364. The van der Waals surface area contributed by atoms with Crippen molar-refractivity contribution in [2.45, 2.75) is 39.2 Å². The van der Waals surface area contributed by atoms with Crippen LogP contribution in [0.5, 0.6) is 5.75 Å². The van der Waals surface area contributed by atoms with Gasteiger partial charge in [0.05, 0.1) is 11.3 Å². The largest absolute Gasteiger partial charge is 0.481 e. The van der Waals surface area contributed by atoms with E-state index in [1.54, 1.807) is 43.3 Å². The minimum atomic E-state index is -0.723. The Morgan fingerprint density at radius 3 is 2.54 bits per heavy atom. The Kier molecular flexibility index (Phi) is 6.57. The Hall–Kier alpha value is -2.53. The Balaban J connectivity index is 1.69. The summed E-state index contributed by atoms with van der Waals surface area (Å²) in [4.78, 5) is 27.3. The fourth-order valence-corrected chi connectivity index (χ4v) is 3.35. The highest BCUT2D eigenvalue weighted by Gasteiger charge is 2.23. The van der Waals surface area contributed by atoms with E-state index in [0.29, 0.717) is 22.0 Å². The second-order valence-electron chi connectivity index (χ2n) is 7.06. The summed E-state index contributed by atoms with van der Waals surface area (Å²) >= 11 is 6.03. The third-order valence-corrected chi connectivity index (χ3v) is 5.29. The molecule has 148 valence electrons. The maximum atomic E-state index is 12.9. The Labute approximate surface area is 170 Å². The number of piperidine rings is 1. The van der Waals surface area contributed by atoms with Crippen molar-refractivity contribution in [3.05, 3.63) is 58.6 Å². The quantitative estimate of drug-likeness (QED) is 0.792. The van der Waals surface area contributed by atoms with Gasteiger partial charge in [-0.1, -0.05) is 23.7 Å². The molecule has 2 aromatic carbocycles. The number of amides is 2. The summed E-state index contributed by atoms with van der Waals surface area (Å²) < 4.78 is 5.73. The van der Waals surface area contributed by atoms with Gasteiger partial charge in [0.25, 0.3) is 11.8 Å². The van der Waals surface area contributed by atoms with Gasteiger partial charge >= 0.3 is 0 Å². The van der Waals surface area contributed by atoms with Crippen LogP contribution in [0.25, 0.3) is 0 Å². The molecule has 1 saturated heterocycles. The molecule has 0 radical (unpaired) electrons. The molecule has 0 bridgehead atoms. The van der Waals surface area contributed by atoms with Crippen molar-refractivity contribution in [1.82, 2.24) is 4.90 Å². The first-order valence-corrected chi connectivity index (χ1v) is 9.95. The van der Waals surface area contributed by atoms with Gasteiger partial charge in [0, 0.05) is 18.1 Å². The zero-order valence-corrected chi connectivity index (χ0v) is 17.0. The predicted octanol–water partition coefficient (Wildman–Crippen LogP) is 4.68. The molecule has 0 saturated carbocycles. The topological polar surface area (TPSA) is 58.6 Å². The van der Waals surface area contributed by atoms with Crippen molar-refractivity contribution in [1.29, 1.82) is 0 Å². The minimum absolute atomic E-state index is 0.0440. The van der Waals surface area contributed by atoms with Crippen LogP contribution in [0.1, 0.15) is 42.1 Å². The molecule has 5 nitrogen and oxygen atoms in total. The van der Waals surface area contributed by atoms with E-state index in [1.807, 2.05) is 17.9 Å². The standard InChI is InChI=1S/C22H25ClN2O3/c1-15-14-17(10-11-19(15)23)28-16(2)21(26)24-20-9-5-4-8-18(20)22(27)25-12-6-3-7-13-25/h4-5,8-11,14,16H,3,6-7,12-13H2,1-2H3,(H,24,26)/t16-/m1/s1. The molecule has 1 N–H and O–H groups in total. The van der Waals surface area contributed by atoms with E-state index in [9.17, 15) is 9.59 Å². The highest BCUT2D eigenvalue weighted by Crippen LogP contribution is 2.23. The van der Waals surface area contributed by atoms with E-state index in [-0.39, 0.29) is 11.8 Å². The minimum Gasteiger partial charge on any atom is -0.481 e. The zero-order valence-electron chi connectivity index (χ0n) is 16.2. The van der Waals surface area contributed by atoms with Gasteiger partial charge in [-0.2, -0.15) is 0 Å². The monoisotopic (exact) mass is 400 g/mol. The summed E-state index contributed by atoms with van der Waals surface area (Å²) in [5.41, 5.74) is 1.89. The molecule has 0 spiro atoms. The normalized spacial score (nSPS) is 15.0. The number of carbonyl (C=O) groups excluding carboxylic acids is 2. The van der Waals surface area contributed by atoms with E-state index in [4.69, 9.17) is 16.3 Å². The average Bonchev–Trinajstić information content (AvgIpc) is 2.71. The summed E-state index contributed by atoms with van der Waals surface area (Å²) in [7, 11) is 0. The highest BCUT2D eigenvalue weighted by atomic mass is 35.5. The number of halogens is 1. The lowest BCUT2D eigenvalue weighted by molar-refractivity contribution is -0.122. The molecule has 1 aliphatic rings. The van der Waals surface area contributed by atoms with Crippen molar-refractivity contribution >= 4 is 29.1 Å². The smallest absolute Gasteiger partial charge is 0.265 e. The Bertz CT molecular complexity index is 863. The second kappa shape index (κ2) is 9.11. The number of rotatable bonds is 5. The lowest BCUT2D eigenvalue weighted by Gasteiger charge is -2.27. The summed E-state index contributed by atoms with van der Waals surface area (Å²) in [6.45, 7) is 5.07. The van der Waals surface area contributed by atoms with Gasteiger partial charge < -0.3 is 15.0 Å². The van der Waals surface area contributed by atoms with Gasteiger partial charge in [0.15, 0.2) is 6.10 Å². The molecule has 1 heterocycles. The first kappa shape index (κ1) is 20.2. The molecule has 28 heavy (non-hydrogen) atoms. The van der Waals surface area contributed by atoms with Crippen molar-refractivity contribution in [3.8, 4) is 5.75 Å². The molecule has 0 unspecified atom stereocenters. The second-order valence-corrected chi connectivity index (χ2v) is 7.47. The number of nitrogens with zero attached hydrogens (tertiary/aromatic N) is 1. The average molecular weight is 401 g/mol. The van der Waals surface area contributed by atoms with Crippen LogP contribution in [0.4, 0.5) is 5.69 Å². The number of para-hydroxylation sites is 1. The van der Waals surface area contributed by atoms with E-state index in [1.165, 1.54) is 0 Å². The van der Waals surface area contributed by atoms with Gasteiger partial charge in [-0.25, -0.2) is 0 Å². The van der Waals surface area contributed by atoms with E-state index >= 15 is 0 Å². The summed E-state index contributed by atoms with van der Waals surface area (Å²) in [6, 6.07) is 12.4. The van der Waals surface area contributed by atoms with Crippen LogP contribution < -0.4 is 10.1 Å². The highest BCUT2D eigenvalue weighted by molar-refractivity contribution is 6.31. The maximum absolute atomic E-state index is 12.9. The summed E-state index contributed by atoms with van der Waals surface area (Å²) in [5, 5.41) is 3.49. The first-order chi connectivity index (χ1) is 13.5. The molecule has 0 aromatic heterocycles. The molecular weight excluding hydrogens is 376 g/mol. The zero-order chi connectivity index (χ0) is 20.1. The van der Waals surface area contributed by atoms with E-state index < -0.39 is 6.10 Å². The molecule has 2 aromatic rings. The Morgan fingerprint density at radius 1 is 1.11 bits per heavy atom. The van der Waals surface area contributed by atoms with Crippen LogP contribution in [0, 0.1) is 6.92 Å². The molecule has 3 rings (SSSR count). The molecule has 6 heteroatoms. The number of carbonyl (C=O) groups is 2. The summed E-state index contributed by atoms with van der Waals surface area (Å²) in [5.74, 6) is 0.214. The van der Waals surface area contributed by atoms with E-state index in [2.05, 4.69) is 5.32 Å². The van der Waals surface area contributed by atoms with Gasteiger partial charge in [-0.05, 0) is 69.0 Å². The van der Waals surface area contributed by atoms with Crippen molar-refractivity contribution in [2.75, 3.05) is 18.4 Å². The number of nitrogens with one attached hydrogen (secondary N) is 1. The third-order valence-electron chi connectivity index (χ3n) is 4.87. The SMILES string of the molecule is Cc1cc(O[C@H](C)C(=O)Nc2ccccc2C(=O)N2CCCCC2)ccc1Cl. The van der Waals surface area contributed by atoms with Crippen LogP contribution in [0.15, 0.2) is 42.5 Å².